The number of hydrogen-bond donors (Lipinski definition) is 1. The normalized spacial score (nSPS) is 11.8. The second-order valence-electron chi connectivity index (χ2n) is 4.91. The Labute approximate surface area is 156 Å². The van der Waals surface area contributed by atoms with Crippen molar-refractivity contribution in [2.24, 2.45) is 0 Å². The number of halogens is 5. The van der Waals surface area contributed by atoms with Gasteiger partial charge in [-0.25, -0.2) is 13.6 Å². The SMILES string of the molecule is CC(OC(=O)c1ccc(F)cc1F)C(=O)Nc1cc(Cl)c(Cl)cc1Cl. The number of anilines is 1. The van der Waals surface area contributed by atoms with E-state index in [1.54, 1.807) is 0 Å². The lowest BCUT2D eigenvalue weighted by Gasteiger charge is -2.15. The first kappa shape index (κ1) is 19.4. The highest BCUT2D eigenvalue weighted by molar-refractivity contribution is 6.44. The Bertz CT molecular complexity index is 846. The molecule has 0 aromatic heterocycles. The molecular weight excluding hydrogens is 399 g/mol. The van der Waals surface area contributed by atoms with Crippen LogP contribution in [0.2, 0.25) is 15.1 Å². The van der Waals surface area contributed by atoms with Crippen LogP contribution in [0.5, 0.6) is 0 Å². The Kier molecular flexibility index (Phi) is 6.21. The van der Waals surface area contributed by atoms with Crippen LogP contribution < -0.4 is 5.32 Å². The van der Waals surface area contributed by atoms with Gasteiger partial charge in [-0.1, -0.05) is 34.8 Å². The molecule has 0 saturated heterocycles. The summed E-state index contributed by atoms with van der Waals surface area (Å²) in [6.07, 6.45) is -1.28. The average molecular weight is 409 g/mol. The fourth-order valence-electron chi connectivity index (χ4n) is 1.79. The van der Waals surface area contributed by atoms with Crippen molar-refractivity contribution in [3.63, 3.8) is 0 Å². The number of hydrogen-bond acceptors (Lipinski definition) is 3. The molecule has 2 rings (SSSR count). The maximum atomic E-state index is 13.5. The highest BCUT2D eigenvalue weighted by Crippen LogP contribution is 2.32. The predicted octanol–water partition coefficient (Wildman–Crippen LogP) is 5.11. The van der Waals surface area contributed by atoms with E-state index in [1.807, 2.05) is 0 Å². The van der Waals surface area contributed by atoms with Crippen LogP contribution in [0.25, 0.3) is 0 Å². The topological polar surface area (TPSA) is 55.4 Å². The number of carbonyl (C=O) groups excluding carboxylic acids is 2. The maximum absolute atomic E-state index is 13.5. The molecule has 0 heterocycles. The third-order valence-electron chi connectivity index (χ3n) is 3.07. The van der Waals surface area contributed by atoms with E-state index in [2.05, 4.69) is 5.32 Å². The smallest absolute Gasteiger partial charge is 0.341 e. The Balaban J connectivity index is 2.07. The highest BCUT2D eigenvalue weighted by atomic mass is 35.5. The van der Waals surface area contributed by atoms with E-state index in [0.717, 1.165) is 12.1 Å². The van der Waals surface area contributed by atoms with E-state index in [4.69, 9.17) is 39.5 Å². The number of rotatable bonds is 4. The van der Waals surface area contributed by atoms with Crippen molar-refractivity contribution in [2.75, 3.05) is 5.32 Å². The summed E-state index contributed by atoms with van der Waals surface area (Å²) in [7, 11) is 0. The Morgan fingerprint density at radius 1 is 1.04 bits per heavy atom. The van der Waals surface area contributed by atoms with Gasteiger partial charge in [-0.2, -0.15) is 0 Å². The molecular formula is C16H10Cl3F2NO3. The fraction of sp³-hybridized carbons (Fsp3) is 0.125. The molecule has 0 aliphatic heterocycles. The predicted molar refractivity (Wildman–Crippen MR) is 91.3 cm³/mol. The number of benzene rings is 2. The third-order valence-corrected chi connectivity index (χ3v) is 4.11. The van der Waals surface area contributed by atoms with Gasteiger partial charge in [0.05, 0.1) is 26.3 Å². The van der Waals surface area contributed by atoms with Gasteiger partial charge >= 0.3 is 5.97 Å². The molecule has 1 atom stereocenters. The van der Waals surface area contributed by atoms with E-state index in [0.29, 0.717) is 6.07 Å². The van der Waals surface area contributed by atoms with Crippen molar-refractivity contribution in [2.45, 2.75) is 13.0 Å². The van der Waals surface area contributed by atoms with Gasteiger partial charge in [-0.05, 0) is 31.2 Å². The Morgan fingerprint density at radius 3 is 2.32 bits per heavy atom. The van der Waals surface area contributed by atoms with Crippen LogP contribution in [0.4, 0.5) is 14.5 Å². The summed E-state index contributed by atoms with van der Waals surface area (Å²) >= 11 is 17.6. The van der Waals surface area contributed by atoms with Gasteiger partial charge in [0, 0.05) is 6.07 Å². The van der Waals surface area contributed by atoms with Crippen LogP contribution in [0.1, 0.15) is 17.3 Å². The summed E-state index contributed by atoms with van der Waals surface area (Å²) in [5.74, 6) is -3.77. The molecule has 0 aliphatic carbocycles. The fourth-order valence-corrected chi connectivity index (χ4v) is 2.38. The zero-order valence-electron chi connectivity index (χ0n) is 12.6. The molecule has 132 valence electrons. The van der Waals surface area contributed by atoms with E-state index >= 15 is 0 Å². The van der Waals surface area contributed by atoms with Crippen LogP contribution in [0.15, 0.2) is 30.3 Å². The summed E-state index contributed by atoms with van der Waals surface area (Å²) in [6.45, 7) is 1.28. The van der Waals surface area contributed by atoms with Gasteiger partial charge in [-0.15, -0.1) is 0 Å². The first-order valence-electron chi connectivity index (χ1n) is 6.80. The zero-order chi connectivity index (χ0) is 18.7. The quantitative estimate of drug-likeness (QED) is 0.565. The largest absolute Gasteiger partial charge is 0.449 e. The molecule has 2 aromatic rings. The summed E-state index contributed by atoms with van der Waals surface area (Å²) in [5.41, 5.74) is -0.328. The summed E-state index contributed by atoms with van der Waals surface area (Å²) in [4.78, 5) is 24.0. The molecule has 25 heavy (non-hydrogen) atoms. The summed E-state index contributed by atoms with van der Waals surface area (Å²) < 4.78 is 31.3. The Morgan fingerprint density at radius 2 is 1.68 bits per heavy atom. The standard InChI is InChI=1S/C16H10Cl3F2NO3/c1-7(25-16(24)9-3-2-8(20)4-13(9)21)15(23)22-14-6-11(18)10(17)5-12(14)19/h2-7H,1H3,(H,22,23). The van der Waals surface area contributed by atoms with E-state index in [1.165, 1.54) is 19.1 Å². The molecule has 0 aliphatic rings. The van der Waals surface area contributed by atoms with Crippen molar-refractivity contribution in [3.8, 4) is 0 Å². The van der Waals surface area contributed by atoms with Crippen LogP contribution in [0.3, 0.4) is 0 Å². The monoisotopic (exact) mass is 407 g/mol. The minimum atomic E-state index is -1.28. The van der Waals surface area contributed by atoms with Crippen molar-refractivity contribution >= 4 is 52.4 Å². The molecule has 0 spiro atoms. The second kappa shape index (κ2) is 7.99. The van der Waals surface area contributed by atoms with Gasteiger partial charge < -0.3 is 10.1 Å². The Hall–Kier alpha value is -1.89. The number of esters is 1. The van der Waals surface area contributed by atoms with Crippen molar-refractivity contribution < 1.29 is 23.1 Å². The van der Waals surface area contributed by atoms with Gasteiger partial charge in [0.2, 0.25) is 0 Å². The number of carbonyl (C=O) groups is 2. The lowest BCUT2D eigenvalue weighted by Crippen LogP contribution is -2.30. The van der Waals surface area contributed by atoms with Gasteiger partial charge in [0.25, 0.3) is 5.91 Å². The van der Waals surface area contributed by atoms with Crippen LogP contribution in [-0.2, 0) is 9.53 Å². The molecule has 1 amide bonds. The van der Waals surface area contributed by atoms with Crippen molar-refractivity contribution in [1.82, 2.24) is 0 Å². The first-order valence-corrected chi connectivity index (χ1v) is 7.94. The van der Waals surface area contributed by atoms with Crippen LogP contribution >= 0.6 is 34.8 Å². The minimum Gasteiger partial charge on any atom is -0.449 e. The molecule has 4 nitrogen and oxygen atoms in total. The second-order valence-corrected chi connectivity index (χ2v) is 6.13. The molecule has 1 unspecified atom stereocenters. The first-order chi connectivity index (χ1) is 11.7. The zero-order valence-corrected chi connectivity index (χ0v) is 14.8. The molecule has 0 fully saturated rings. The molecule has 2 aromatic carbocycles. The van der Waals surface area contributed by atoms with Crippen molar-refractivity contribution in [3.05, 3.63) is 62.6 Å². The van der Waals surface area contributed by atoms with E-state index in [-0.39, 0.29) is 20.8 Å². The van der Waals surface area contributed by atoms with Crippen LogP contribution in [-0.4, -0.2) is 18.0 Å². The minimum absolute atomic E-state index is 0.130. The lowest BCUT2D eigenvalue weighted by molar-refractivity contribution is -0.123. The molecule has 0 radical (unpaired) electrons. The maximum Gasteiger partial charge on any atom is 0.341 e. The highest BCUT2D eigenvalue weighted by Gasteiger charge is 2.22. The molecule has 0 saturated carbocycles. The van der Waals surface area contributed by atoms with Gasteiger partial charge in [0.15, 0.2) is 6.10 Å². The summed E-state index contributed by atoms with van der Waals surface area (Å²) in [6, 6.07) is 5.04. The third kappa shape index (κ3) is 4.81. The lowest BCUT2D eigenvalue weighted by atomic mass is 10.2. The molecule has 1 N–H and O–H groups in total. The molecule has 9 heteroatoms. The number of nitrogens with one attached hydrogen (secondary N) is 1. The van der Waals surface area contributed by atoms with E-state index in [9.17, 15) is 18.4 Å². The van der Waals surface area contributed by atoms with Gasteiger partial charge in [-0.3, -0.25) is 4.79 Å². The van der Waals surface area contributed by atoms with Gasteiger partial charge in [0.1, 0.15) is 11.6 Å². The number of ether oxygens (including phenoxy) is 1. The van der Waals surface area contributed by atoms with Crippen molar-refractivity contribution in [1.29, 1.82) is 0 Å². The number of amides is 1. The van der Waals surface area contributed by atoms with Crippen LogP contribution in [0, 0.1) is 11.6 Å². The summed E-state index contributed by atoms with van der Waals surface area (Å²) in [5, 5.41) is 2.91. The molecule has 0 bridgehead atoms. The van der Waals surface area contributed by atoms with E-state index < -0.39 is 35.2 Å². The average Bonchev–Trinajstić information content (AvgIpc) is 2.52.